The Morgan fingerprint density at radius 3 is 3.04 bits per heavy atom. The van der Waals surface area contributed by atoms with Gasteiger partial charge in [0.1, 0.15) is 11.3 Å². The first-order chi connectivity index (χ1) is 11.2. The first-order valence-electron chi connectivity index (χ1n) is 8.02. The van der Waals surface area contributed by atoms with Crippen LogP contribution in [-0.4, -0.2) is 51.5 Å². The topological polar surface area (TPSA) is 62.5 Å². The number of amides is 1. The predicted molar refractivity (Wildman–Crippen MR) is 86.2 cm³/mol. The van der Waals surface area contributed by atoms with E-state index < -0.39 is 0 Å². The summed E-state index contributed by atoms with van der Waals surface area (Å²) in [7, 11) is 0. The van der Waals surface area contributed by atoms with Crippen LogP contribution in [0.25, 0.3) is 0 Å². The molecule has 3 fully saturated rings. The van der Waals surface area contributed by atoms with Crippen molar-refractivity contribution in [1.82, 2.24) is 19.9 Å². The van der Waals surface area contributed by atoms with E-state index in [9.17, 15) is 4.79 Å². The van der Waals surface area contributed by atoms with Crippen LogP contribution in [0.15, 0.2) is 21.6 Å². The number of hydrogen-bond donors (Lipinski definition) is 0. The van der Waals surface area contributed by atoms with E-state index in [0.29, 0.717) is 17.2 Å². The largest absolute Gasteiger partial charge is 0.361 e. The number of carbonyl (C=O) groups excluding carboxylic acids is 1. The molecule has 0 saturated carbocycles. The molecule has 3 saturated heterocycles. The Kier molecular flexibility index (Phi) is 3.90. The Balaban J connectivity index is 1.51. The molecular weight excluding hydrogens is 312 g/mol. The van der Waals surface area contributed by atoms with E-state index in [-0.39, 0.29) is 11.9 Å². The van der Waals surface area contributed by atoms with Crippen molar-refractivity contribution in [2.75, 3.05) is 19.6 Å². The Morgan fingerprint density at radius 2 is 2.30 bits per heavy atom. The van der Waals surface area contributed by atoms with Crippen molar-refractivity contribution in [2.24, 2.45) is 5.92 Å². The second-order valence-corrected chi connectivity index (χ2v) is 7.24. The number of nitrogens with zero attached hydrogens (tertiary/aromatic N) is 4. The van der Waals surface area contributed by atoms with Gasteiger partial charge in [-0.3, -0.25) is 9.69 Å². The van der Waals surface area contributed by atoms with Crippen molar-refractivity contribution in [3.63, 3.8) is 0 Å². The zero-order valence-electron chi connectivity index (χ0n) is 13.1. The lowest BCUT2D eigenvalue weighted by molar-refractivity contribution is 0.0583. The van der Waals surface area contributed by atoms with E-state index in [0.717, 1.165) is 38.3 Å². The fourth-order valence-electron chi connectivity index (χ4n) is 3.76. The van der Waals surface area contributed by atoms with Gasteiger partial charge in [0.25, 0.3) is 5.91 Å². The third-order valence-corrected chi connectivity index (χ3v) is 5.54. The zero-order valence-corrected chi connectivity index (χ0v) is 14.0. The van der Waals surface area contributed by atoms with Crippen molar-refractivity contribution < 1.29 is 9.32 Å². The van der Waals surface area contributed by atoms with E-state index in [1.54, 1.807) is 24.5 Å². The molecule has 5 heterocycles. The zero-order chi connectivity index (χ0) is 15.8. The average molecular weight is 332 g/mol. The summed E-state index contributed by atoms with van der Waals surface area (Å²) in [6.45, 7) is 5.47. The minimum Gasteiger partial charge on any atom is -0.361 e. The monoisotopic (exact) mass is 332 g/mol. The summed E-state index contributed by atoms with van der Waals surface area (Å²) in [5.74, 6) is 1.21. The van der Waals surface area contributed by atoms with Crippen molar-refractivity contribution in [3.05, 3.63) is 34.1 Å². The molecule has 3 aliphatic rings. The summed E-state index contributed by atoms with van der Waals surface area (Å²) >= 11 is 1.64. The molecule has 7 heteroatoms. The molecule has 6 nitrogen and oxygen atoms in total. The predicted octanol–water partition coefficient (Wildman–Crippen LogP) is 2.18. The molecule has 2 aromatic rings. The maximum atomic E-state index is 12.8. The number of aryl methyl sites for hydroxylation is 1. The second-order valence-electron chi connectivity index (χ2n) is 6.52. The van der Waals surface area contributed by atoms with E-state index in [4.69, 9.17) is 4.52 Å². The van der Waals surface area contributed by atoms with Crippen LogP contribution in [-0.2, 0) is 6.54 Å². The van der Waals surface area contributed by atoms with Crippen LogP contribution in [0.2, 0.25) is 0 Å². The molecule has 0 unspecified atom stereocenters. The SMILES string of the molecule is Cc1oncc1C(=O)N1C[C@H]2CC[C@@H]1CN(Cc1cscn1)C2. The molecule has 0 radical (unpaired) electrons. The van der Waals surface area contributed by atoms with Gasteiger partial charge in [0.05, 0.1) is 17.4 Å². The number of fused-ring (bicyclic) bond motifs is 4. The van der Waals surface area contributed by atoms with Crippen molar-refractivity contribution >= 4 is 17.2 Å². The molecule has 2 aromatic heterocycles. The van der Waals surface area contributed by atoms with Crippen LogP contribution in [0.3, 0.4) is 0 Å². The molecule has 2 atom stereocenters. The maximum absolute atomic E-state index is 12.8. The minimum atomic E-state index is 0.0639. The molecule has 0 aromatic carbocycles. The number of hydrogen-bond acceptors (Lipinski definition) is 6. The summed E-state index contributed by atoms with van der Waals surface area (Å²) in [4.78, 5) is 21.7. The summed E-state index contributed by atoms with van der Waals surface area (Å²) in [6, 6.07) is 0.272. The smallest absolute Gasteiger partial charge is 0.259 e. The third-order valence-electron chi connectivity index (χ3n) is 4.90. The first kappa shape index (κ1) is 14.8. The van der Waals surface area contributed by atoms with Gasteiger partial charge >= 0.3 is 0 Å². The van der Waals surface area contributed by atoms with Crippen LogP contribution < -0.4 is 0 Å². The van der Waals surface area contributed by atoms with E-state index >= 15 is 0 Å². The van der Waals surface area contributed by atoms with Gasteiger partial charge < -0.3 is 9.42 Å². The lowest BCUT2D eigenvalue weighted by Crippen LogP contribution is -2.47. The van der Waals surface area contributed by atoms with Gasteiger partial charge in [-0.05, 0) is 25.7 Å². The van der Waals surface area contributed by atoms with Crippen LogP contribution >= 0.6 is 11.3 Å². The van der Waals surface area contributed by atoms with E-state index in [1.165, 1.54) is 6.42 Å². The summed E-state index contributed by atoms with van der Waals surface area (Å²) in [5.41, 5.74) is 3.61. The molecule has 5 rings (SSSR count). The van der Waals surface area contributed by atoms with Crippen LogP contribution in [0.5, 0.6) is 0 Å². The standard InChI is InChI=1S/C16H20N4O2S/c1-11-15(4-18-22-11)16(21)20-6-12-2-3-14(20)8-19(5-12)7-13-9-23-10-17-13/h4,9-10,12,14H,2-3,5-8H2,1H3/t12-,14+/m0/s1. The summed E-state index contributed by atoms with van der Waals surface area (Å²) in [5, 5.41) is 5.86. The van der Waals surface area contributed by atoms with Crippen LogP contribution in [0.4, 0.5) is 0 Å². The highest BCUT2D eigenvalue weighted by molar-refractivity contribution is 7.07. The second kappa shape index (κ2) is 6.05. The molecule has 1 amide bonds. The fraction of sp³-hybridized carbons (Fsp3) is 0.562. The molecular formula is C16H20N4O2S. The summed E-state index contributed by atoms with van der Waals surface area (Å²) in [6.07, 6.45) is 3.82. The molecule has 3 aliphatic heterocycles. The van der Waals surface area contributed by atoms with Crippen molar-refractivity contribution in [1.29, 1.82) is 0 Å². The minimum absolute atomic E-state index is 0.0639. The van der Waals surface area contributed by atoms with Crippen molar-refractivity contribution in [3.8, 4) is 0 Å². The van der Waals surface area contributed by atoms with E-state index in [2.05, 4.69) is 20.4 Å². The number of piperidine rings is 1. The Bertz CT molecular complexity index is 684. The number of rotatable bonds is 3. The van der Waals surface area contributed by atoms with Crippen molar-refractivity contribution in [2.45, 2.75) is 32.4 Å². The highest BCUT2D eigenvalue weighted by Crippen LogP contribution is 2.30. The van der Waals surface area contributed by atoms with Crippen LogP contribution in [0, 0.1) is 12.8 Å². The molecule has 0 aliphatic carbocycles. The first-order valence-corrected chi connectivity index (χ1v) is 8.96. The lowest BCUT2D eigenvalue weighted by atomic mass is 9.94. The summed E-state index contributed by atoms with van der Waals surface area (Å²) < 4.78 is 5.06. The Hall–Kier alpha value is -1.73. The van der Waals surface area contributed by atoms with Gasteiger partial charge in [-0.25, -0.2) is 4.98 Å². The van der Waals surface area contributed by atoms with Gasteiger partial charge in [-0.2, -0.15) is 0 Å². The number of carbonyl (C=O) groups is 1. The van der Waals surface area contributed by atoms with Gasteiger partial charge in [0, 0.05) is 37.6 Å². The molecule has 0 N–H and O–H groups in total. The molecule has 23 heavy (non-hydrogen) atoms. The molecule has 122 valence electrons. The lowest BCUT2D eigenvalue weighted by Gasteiger charge is -2.36. The van der Waals surface area contributed by atoms with Gasteiger partial charge in [0.15, 0.2) is 0 Å². The van der Waals surface area contributed by atoms with Crippen LogP contribution in [0.1, 0.15) is 34.7 Å². The third kappa shape index (κ3) is 2.90. The number of aromatic nitrogens is 2. The average Bonchev–Trinajstić information content (AvgIpc) is 3.11. The number of thiazole rings is 1. The normalized spacial score (nSPS) is 24.8. The fourth-order valence-corrected chi connectivity index (χ4v) is 4.31. The van der Waals surface area contributed by atoms with E-state index in [1.807, 2.05) is 10.4 Å². The Labute approximate surface area is 139 Å². The van der Waals surface area contributed by atoms with Gasteiger partial charge in [-0.15, -0.1) is 11.3 Å². The molecule has 2 bridgehead atoms. The van der Waals surface area contributed by atoms with Gasteiger partial charge in [0.2, 0.25) is 0 Å². The molecule has 0 spiro atoms. The quantitative estimate of drug-likeness (QED) is 0.862. The highest BCUT2D eigenvalue weighted by Gasteiger charge is 2.38. The Morgan fingerprint density at radius 1 is 1.39 bits per heavy atom. The highest BCUT2D eigenvalue weighted by atomic mass is 32.1. The van der Waals surface area contributed by atoms with Gasteiger partial charge in [-0.1, -0.05) is 5.16 Å². The maximum Gasteiger partial charge on any atom is 0.259 e.